The summed E-state index contributed by atoms with van der Waals surface area (Å²) in [6, 6.07) is 22.8. The molecule has 0 saturated heterocycles. The summed E-state index contributed by atoms with van der Waals surface area (Å²) in [5, 5.41) is 12.3. The van der Waals surface area contributed by atoms with Gasteiger partial charge in [-0.2, -0.15) is 5.26 Å². The van der Waals surface area contributed by atoms with Crippen LogP contribution < -0.4 is 19.5 Å². The Morgan fingerprint density at radius 2 is 1.68 bits per heavy atom. The first-order chi connectivity index (χ1) is 16.5. The molecule has 0 fully saturated rings. The molecule has 3 rings (SSSR count). The second-order valence-electron chi connectivity index (χ2n) is 7.61. The van der Waals surface area contributed by atoms with Crippen molar-refractivity contribution in [3.8, 4) is 23.3 Å². The smallest absolute Gasteiger partial charge is 0.262 e. The third-order valence-corrected chi connectivity index (χ3v) is 5.07. The van der Waals surface area contributed by atoms with E-state index in [9.17, 15) is 10.1 Å². The number of amides is 1. The van der Waals surface area contributed by atoms with E-state index in [0.717, 1.165) is 16.9 Å². The molecule has 0 radical (unpaired) electrons. The highest BCUT2D eigenvalue weighted by atomic mass is 16.5. The van der Waals surface area contributed by atoms with Crippen LogP contribution in [0.4, 0.5) is 0 Å². The molecular weight excluding hydrogens is 428 g/mol. The van der Waals surface area contributed by atoms with E-state index in [-0.39, 0.29) is 5.57 Å². The standard InChI is InChI=1S/C28H28N2O4/c1-4-33-27-16-23(11-14-26(27)34-19-22-7-5-20(2)6-8-22)15-24(17-29)28(31)30-18-21-9-12-25(32-3)13-10-21/h5-16H,4,18-19H2,1-3H3,(H,30,31)/b24-15-. The van der Waals surface area contributed by atoms with Crippen LogP contribution in [0.25, 0.3) is 6.08 Å². The molecule has 174 valence electrons. The molecule has 3 aromatic rings. The fraction of sp³-hybridized carbons (Fsp3) is 0.214. The Hall–Kier alpha value is -4.24. The molecular formula is C28H28N2O4. The first-order valence-corrected chi connectivity index (χ1v) is 11.0. The minimum Gasteiger partial charge on any atom is -0.497 e. The normalized spacial score (nSPS) is 10.8. The second kappa shape index (κ2) is 12.1. The molecule has 0 spiro atoms. The van der Waals surface area contributed by atoms with E-state index in [2.05, 4.69) is 5.32 Å². The molecule has 6 nitrogen and oxygen atoms in total. The van der Waals surface area contributed by atoms with Gasteiger partial charge in [-0.15, -0.1) is 0 Å². The molecule has 0 atom stereocenters. The highest BCUT2D eigenvalue weighted by Crippen LogP contribution is 2.30. The maximum absolute atomic E-state index is 12.6. The summed E-state index contributed by atoms with van der Waals surface area (Å²) in [6.07, 6.45) is 1.54. The lowest BCUT2D eigenvalue weighted by atomic mass is 10.1. The van der Waals surface area contributed by atoms with Crippen LogP contribution in [0.5, 0.6) is 17.2 Å². The quantitative estimate of drug-likeness (QED) is 0.335. The summed E-state index contributed by atoms with van der Waals surface area (Å²) in [4.78, 5) is 12.6. The molecule has 0 aliphatic heterocycles. The molecule has 34 heavy (non-hydrogen) atoms. The molecule has 0 saturated carbocycles. The Morgan fingerprint density at radius 1 is 0.971 bits per heavy atom. The van der Waals surface area contributed by atoms with E-state index >= 15 is 0 Å². The van der Waals surface area contributed by atoms with E-state index in [4.69, 9.17) is 14.2 Å². The number of carbonyl (C=O) groups is 1. The van der Waals surface area contributed by atoms with Gasteiger partial charge in [-0.3, -0.25) is 4.79 Å². The van der Waals surface area contributed by atoms with Crippen LogP contribution in [0.2, 0.25) is 0 Å². The van der Waals surface area contributed by atoms with Gasteiger partial charge in [0.1, 0.15) is 24.0 Å². The fourth-order valence-corrected chi connectivity index (χ4v) is 3.18. The Bertz CT molecular complexity index is 1180. The third kappa shape index (κ3) is 6.88. The Kier molecular flexibility index (Phi) is 8.70. The van der Waals surface area contributed by atoms with Gasteiger partial charge in [0.2, 0.25) is 0 Å². The van der Waals surface area contributed by atoms with Gasteiger partial charge in [-0.25, -0.2) is 0 Å². The summed E-state index contributed by atoms with van der Waals surface area (Å²) in [6.45, 7) is 5.10. The van der Waals surface area contributed by atoms with Crippen molar-refractivity contribution in [2.75, 3.05) is 13.7 Å². The number of rotatable bonds is 10. The maximum atomic E-state index is 12.6. The van der Waals surface area contributed by atoms with Crippen LogP contribution >= 0.6 is 0 Å². The maximum Gasteiger partial charge on any atom is 0.262 e. The zero-order valence-corrected chi connectivity index (χ0v) is 19.6. The molecule has 1 amide bonds. The number of benzene rings is 3. The van der Waals surface area contributed by atoms with Crippen LogP contribution in [0, 0.1) is 18.3 Å². The van der Waals surface area contributed by atoms with Gasteiger partial charge in [0.05, 0.1) is 13.7 Å². The molecule has 0 aliphatic rings. The van der Waals surface area contributed by atoms with Crippen LogP contribution in [-0.4, -0.2) is 19.6 Å². The Balaban J connectivity index is 1.69. The Morgan fingerprint density at radius 3 is 2.32 bits per heavy atom. The summed E-state index contributed by atoms with van der Waals surface area (Å²) < 4.78 is 16.8. The number of ether oxygens (including phenoxy) is 3. The zero-order valence-electron chi connectivity index (χ0n) is 19.6. The fourth-order valence-electron chi connectivity index (χ4n) is 3.18. The van der Waals surface area contributed by atoms with Crippen LogP contribution in [-0.2, 0) is 17.9 Å². The SMILES string of the molecule is CCOc1cc(/C=C(/C#N)C(=O)NCc2ccc(OC)cc2)ccc1OCc1ccc(C)cc1. The first-order valence-electron chi connectivity index (χ1n) is 11.0. The Labute approximate surface area is 200 Å². The van der Waals surface area contributed by atoms with Gasteiger partial charge in [0.25, 0.3) is 5.91 Å². The van der Waals surface area contributed by atoms with Gasteiger partial charge in [0.15, 0.2) is 11.5 Å². The number of aryl methyl sites for hydroxylation is 1. The van der Waals surface area contributed by atoms with Gasteiger partial charge in [-0.1, -0.05) is 48.0 Å². The minimum absolute atomic E-state index is 0.00397. The monoisotopic (exact) mass is 456 g/mol. The molecule has 1 N–H and O–H groups in total. The summed E-state index contributed by atoms with van der Waals surface area (Å²) >= 11 is 0. The summed E-state index contributed by atoms with van der Waals surface area (Å²) in [5.41, 5.74) is 3.82. The van der Waals surface area contributed by atoms with Gasteiger partial charge in [0, 0.05) is 6.54 Å². The lowest BCUT2D eigenvalue weighted by molar-refractivity contribution is -0.117. The van der Waals surface area contributed by atoms with Gasteiger partial charge >= 0.3 is 0 Å². The predicted molar refractivity (Wildman–Crippen MR) is 132 cm³/mol. The predicted octanol–water partition coefficient (Wildman–Crippen LogP) is 5.20. The van der Waals surface area contributed by atoms with Crippen molar-refractivity contribution >= 4 is 12.0 Å². The van der Waals surface area contributed by atoms with Crippen molar-refractivity contribution in [3.63, 3.8) is 0 Å². The highest BCUT2D eigenvalue weighted by Gasteiger charge is 2.11. The lowest BCUT2D eigenvalue weighted by Crippen LogP contribution is -2.23. The minimum atomic E-state index is -0.448. The summed E-state index contributed by atoms with van der Waals surface area (Å²) in [5.74, 6) is 1.45. The number of methoxy groups -OCH3 is 1. The summed E-state index contributed by atoms with van der Waals surface area (Å²) in [7, 11) is 1.60. The molecule has 0 unspecified atom stereocenters. The van der Waals surface area contributed by atoms with Crippen molar-refractivity contribution in [1.29, 1.82) is 5.26 Å². The molecule has 3 aromatic carbocycles. The largest absolute Gasteiger partial charge is 0.497 e. The molecule has 0 aromatic heterocycles. The number of hydrogen-bond acceptors (Lipinski definition) is 5. The molecule has 6 heteroatoms. The third-order valence-electron chi connectivity index (χ3n) is 5.07. The van der Waals surface area contributed by atoms with Crippen LogP contribution in [0.15, 0.2) is 72.3 Å². The second-order valence-corrected chi connectivity index (χ2v) is 7.61. The van der Waals surface area contributed by atoms with E-state index in [1.807, 2.05) is 68.4 Å². The van der Waals surface area contributed by atoms with Crippen molar-refractivity contribution in [2.45, 2.75) is 27.0 Å². The number of hydrogen-bond donors (Lipinski definition) is 1. The van der Waals surface area contributed by atoms with Crippen LogP contribution in [0.3, 0.4) is 0 Å². The van der Waals surface area contributed by atoms with Crippen molar-refractivity contribution in [1.82, 2.24) is 5.32 Å². The lowest BCUT2D eigenvalue weighted by Gasteiger charge is -2.13. The van der Waals surface area contributed by atoms with Crippen LogP contribution in [0.1, 0.15) is 29.2 Å². The molecule has 0 bridgehead atoms. The van der Waals surface area contributed by atoms with Gasteiger partial charge < -0.3 is 19.5 Å². The van der Waals surface area contributed by atoms with Crippen molar-refractivity contribution in [2.24, 2.45) is 0 Å². The van der Waals surface area contributed by atoms with Gasteiger partial charge in [-0.05, 0) is 60.9 Å². The highest BCUT2D eigenvalue weighted by molar-refractivity contribution is 6.01. The van der Waals surface area contributed by atoms with E-state index in [1.165, 1.54) is 11.6 Å². The van der Waals surface area contributed by atoms with E-state index < -0.39 is 5.91 Å². The number of nitrogens with zero attached hydrogens (tertiary/aromatic N) is 1. The van der Waals surface area contributed by atoms with Crippen molar-refractivity contribution < 1.29 is 19.0 Å². The first kappa shape index (κ1) is 24.4. The number of nitriles is 1. The molecule has 0 aliphatic carbocycles. The van der Waals surface area contributed by atoms with E-state index in [1.54, 1.807) is 25.3 Å². The average Bonchev–Trinajstić information content (AvgIpc) is 2.86. The average molecular weight is 457 g/mol. The van der Waals surface area contributed by atoms with Crippen molar-refractivity contribution in [3.05, 3.63) is 94.6 Å². The molecule has 0 heterocycles. The van der Waals surface area contributed by atoms with E-state index in [0.29, 0.717) is 36.8 Å². The topological polar surface area (TPSA) is 80.6 Å². The zero-order chi connectivity index (χ0) is 24.3. The number of nitrogens with one attached hydrogen (secondary N) is 1. The number of carbonyl (C=O) groups excluding carboxylic acids is 1.